The molecule has 0 aromatic carbocycles. The molecule has 0 heterocycles. The van der Waals surface area contributed by atoms with Crippen LogP contribution in [0.5, 0.6) is 0 Å². The lowest BCUT2D eigenvalue weighted by atomic mass is 9.97. The normalized spacial score (nSPS) is 12.4. The van der Waals surface area contributed by atoms with Gasteiger partial charge >= 0.3 is 0 Å². The summed E-state index contributed by atoms with van der Waals surface area (Å²) in [6.45, 7) is 4.93. The van der Waals surface area contributed by atoms with Crippen LogP contribution >= 0.6 is 0 Å². The molecule has 0 amide bonds. The van der Waals surface area contributed by atoms with E-state index in [0.717, 1.165) is 26.1 Å². The molecule has 3 N–H and O–H groups in total. The van der Waals surface area contributed by atoms with Crippen molar-refractivity contribution in [3.8, 4) is 0 Å². The highest BCUT2D eigenvalue weighted by Gasteiger charge is 2.09. The molecule has 0 spiro atoms. The van der Waals surface area contributed by atoms with E-state index in [9.17, 15) is 13.0 Å². The van der Waals surface area contributed by atoms with Crippen LogP contribution in [-0.2, 0) is 19.3 Å². The quantitative estimate of drug-likeness (QED) is 0.128. The van der Waals surface area contributed by atoms with Gasteiger partial charge in [0.05, 0.1) is 33.9 Å². The Labute approximate surface area is 199 Å². The molecule has 0 aliphatic heterocycles. The number of aliphatic hydroxyl groups excluding tert-OH is 1. The Morgan fingerprint density at radius 3 is 1.62 bits per heavy atom. The summed E-state index contributed by atoms with van der Waals surface area (Å²) in [4.78, 5) is 0. The Hall–Kier alpha value is -0.250. The number of aliphatic hydroxyl groups is 1. The van der Waals surface area contributed by atoms with Gasteiger partial charge in [-0.05, 0) is 12.8 Å². The smallest absolute Gasteiger partial charge is 0.217 e. The predicted octanol–water partition coefficient (Wildman–Crippen LogP) is 4.16. The molecule has 0 fully saturated rings. The first-order valence-electron chi connectivity index (χ1n) is 12.9. The first kappa shape index (κ1) is 33.9. The van der Waals surface area contributed by atoms with Gasteiger partial charge in [0.25, 0.3) is 0 Å². The molecule has 0 saturated heterocycles. The lowest BCUT2D eigenvalue weighted by Gasteiger charge is -2.14. The molecular weight excluding hydrogens is 430 g/mol. The molecule has 7 nitrogen and oxygen atoms in total. The number of hydrogen-bond acceptors (Lipinski definition) is 6. The molecule has 1 atom stereocenters. The van der Waals surface area contributed by atoms with E-state index in [4.69, 9.17) is 9.84 Å². The minimum atomic E-state index is -4.41. The van der Waals surface area contributed by atoms with Gasteiger partial charge in [-0.25, -0.2) is 8.42 Å². The SMILES string of the molecule is CCCCCCCCCCCCCCCCC(CCOCCO)C[NH2+]C.COS(=O)(=O)[O-]. The van der Waals surface area contributed by atoms with Crippen LogP contribution in [0, 0.1) is 5.92 Å². The summed E-state index contributed by atoms with van der Waals surface area (Å²) in [5, 5.41) is 11.0. The van der Waals surface area contributed by atoms with Crippen molar-refractivity contribution < 1.29 is 32.3 Å². The van der Waals surface area contributed by atoms with Crippen LogP contribution in [0.2, 0.25) is 0 Å². The molecule has 0 radical (unpaired) electrons. The van der Waals surface area contributed by atoms with Gasteiger partial charge in [-0.1, -0.05) is 96.8 Å². The number of hydrogen-bond donors (Lipinski definition) is 2. The van der Waals surface area contributed by atoms with E-state index in [2.05, 4.69) is 23.5 Å². The monoisotopic (exact) mass is 483 g/mol. The van der Waals surface area contributed by atoms with Gasteiger partial charge in [-0.2, -0.15) is 0 Å². The fraction of sp³-hybridized carbons (Fsp3) is 1.00. The van der Waals surface area contributed by atoms with E-state index < -0.39 is 10.4 Å². The molecule has 0 aliphatic rings. The molecule has 0 saturated carbocycles. The van der Waals surface area contributed by atoms with Crippen LogP contribution in [0.25, 0.3) is 0 Å². The maximum Gasteiger partial charge on any atom is 0.217 e. The fourth-order valence-corrected chi connectivity index (χ4v) is 3.76. The Bertz CT molecular complexity index is 448. The second-order valence-corrected chi connectivity index (χ2v) is 9.74. The Morgan fingerprint density at radius 1 is 0.812 bits per heavy atom. The largest absolute Gasteiger partial charge is 0.726 e. The first-order valence-corrected chi connectivity index (χ1v) is 14.2. The molecule has 1 unspecified atom stereocenters. The Morgan fingerprint density at radius 2 is 1.25 bits per heavy atom. The van der Waals surface area contributed by atoms with Gasteiger partial charge in [-0.15, -0.1) is 0 Å². The standard InChI is InChI=1S/C23H49NO2.CH4O4S/c1-3-4-5-6-7-8-9-10-11-12-13-14-15-16-17-23(22-24-2)18-20-26-21-19-25;1-5-6(2,3)4/h23-25H,3-22H2,1-2H3;1H3,(H,2,3,4). The number of rotatable bonds is 23. The average molecular weight is 484 g/mol. The summed E-state index contributed by atoms with van der Waals surface area (Å²) in [5.74, 6) is 0.774. The third kappa shape index (κ3) is 31.9. The van der Waals surface area contributed by atoms with E-state index in [1.807, 2.05) is 0 Å². The summed E-state index contributed by atoms with van der Waals surface area (Å²) in [6.07, 6.45) is 22.5. The van der Waals surface area contributed by atoms with Crippen molar-refractivity contribution in [1.29, 1.82) is 0 Å². The van der Waals surface area contributed by atoms with E-state index in [-0.39, 0.29) is 6.61 Å². The second-order valence-electron chi connectivity index (χ2n) is 8.59. The zero-order valence-electron chi connectivity index (χ0n) is 21.2. The summed E-state index contributed by atoms with van der Waals surface area (Å²) in [5.41, 5.74) is 0. The van der Waals surface area contributed by atoms with Crippen molar-refractivity contribution in [2.75, 3.05) is 40.5 Å². The van der Waals surface area contributed by atoms with Crippen LogP contribution < -0.4 is 5.32 Å². The molecule has 196 valence electrons. The van der Waals surface area contributed by atoms with Gasteiger partial charge in [0.2, 0.25) is 10.4 Å². The van der Waals surface area contributed by atoms with Gasteiger partial charge < -0.3 is 19.7 Å². The minimum absolute atomic E-state index is 0.142. The van der Waals surface area contributed by atoms with Crippen LogP contribution in [-0.4, -0.2) is 58.6 Å². The van der Waals surface area contributed by atoms with Gasteiger partial charge in [0.1, 0.15) is 0 Å². The molecule has 32 heavy (non-hydrogen) atoms. The fourth-order valence-electron chi connectivity index (χ4n) is 3.76. The zero-order valence-corrected chi connectivity index (χ0v) is 22.0. The molecule has 8 heteroatoms. The molecule has 0 aliphatic carbocycles. The van der Waals surface area contributed by atoms with Crippen molar-refractivity contribution in [2.45, 2.75) is 110 Å². The molecule has 0 aromatic rings. The molecule has 0 rings (SSSR count). The first-order chi connectivity index (χ1) is 15.4. The Kier molecular flexibility index (Phi) is 28.6. The number of nitrogens with two attached hydrogens (primary N) is 1. The average Bonchev–Trinajstić information content (AvgIpc) is 2.76. The number of unbranched alkanes of at least 4 members (excludes halogenated alkanes) is 13. The van der Waals surface area contributed by atoms with Crippen LogP contribution in [0.1, 0.15) is 110 Å². The molecule has 0 bridgehead atoms. The van der Waals surface area contributed by atoms with Gasteiger partial charge in [0, 0.05) is 12.5 Å². The van der Waals surface area contributed by atoms with Crippen molar-refractivity contribution >= 4 is 10.4 Å². The van der Waals surface area contributed by atoms with Crippen molar-refractivity contribution in [2.24, 2.45) is 5.92 Å². The predicted molar refractivity (Wildman–Crippen MR) is 130 cm³/mol. The van der Waals surface area contributed by atoms with E-state index >= 15 is 0 Å². The zero-order chi connectivity index (χ0) is 24.3. The lowest BCUT2D eigenvalue weighted by Crippen LogP contribution is -2.81. The highest BCUT2D eigenvalue weighted by molar-refractivity contribution is 7.80. The maximum absolute atomic E-state index is 9.22. The third-order valence-corrected chi connectivity index (χ3v) is 6.05. The number of quaternary nitrogens is 1. The van der Waals surface area contributed by atoms with Gasteiger partial charge in [-0.3, -0.25) is 4.18 Å². The second kappa shape index (κ2) is 27.0. The minimum Gasteiger partial charge on any atom is -0.726 e. The third-order valence-electron chi connectivity index (χ3n) is 5.65. The van der Waals surface area contributed by atoms with Crippen LogP contribution in [0.15, 0.2) is 0 Å². The lowest BCUT2D eigenvalue weighted by molar-refractivity contribution is -0.633. The van der Waals surface area contributed by atoms with E-state index in [1.165, 1.54) is 103 Å². The summed E-state index contributed by atoms with van der Waals surface area (Å²) >= 11 is 0. The summed E-state index contributed by atoms with van der Waals surface area (Å²) in [7, 11) is -1.44. The molecular formula is C24H53NO6S. The van der Waals surface area contributed by atoms with Crippen molar-refractivity contribution in [3.63, 3.8) is 0 Å². The topological polar surface area (TPSA) is 112 Å². The molecule has 0 aromatic heterocycles. The number of ether oxygens (including phenoxy) is 1. The van der Waals surface area contributed by atoms with E-state index in [1.54, 1.807) is 0 Å². The van der Waals surface area contributed by atoms with E-state index in [0.29, 0.717) is 6.61 Å². The maximum atomic E-state index is 9.22. The summed E-state index contributed by atoms with van der Waals surface area (Å²) < 4.78 is 36.4. The van der Waals surface area contributed by atoms with Gasteiger partial charge in [0.15, 0.2) is 0 Å². The Balaban J connectivity index is 0. The summed E-state index contributed by atoms with van der Waals surface area (Å²) in [6, 6.07) is 0. The van der Waals surface area contributed by atoms with Crippen molar-refractivity contribution in [3.05, 3.63) is 0 Å². The highest BCUT2D eigenvalue weighted by Crippen LogP contribution is 2.16. The van der Waals surface area contributed by atoms with Crippen LogP contribution in [0.4, 0.5) is 0 Å². The van der Waals surface area contributed by atoms with Crippen molar-refractivity contribution in [1.82, 2.24) is 0 Å². The van der Waals surface area contributed by atoms with Crippen LogP contribution in [0.3, 0.4) is 0 Å². The highest BCUT2D eigenvalue weighted by atomic mass is 32.3.